The summed E-state index contributed by atoms with van der Waals surface area (Å²) in [5, 5.41) is 0. The molecule has 0 aromatic rings. The minimum atomic E-state index is -2.71. The van der Waals surface area contributed by atoms with Crippen molar-refractivity contribution in [1.82, 2.24) is 4.90 Å². The molecule has 0 saturated carbocycles. The highest BCUT2D eigenvalue weighted by atomic mass is 19.3. The molecule has 0 amide bonds. The molecule has 0 bridgehead atoms. The molecule has 8 heteroatoms. The van der Waals surface area contributed by atoms with Crippen LogP contribution in [0.2, 0.25) is 0 Å². The first-order valence-electron chi connectivity index (χ1n) is 7.88. The van der Waals surface area contributed by atoms with Gasteiger partial charge in [-0.15, -0.1) is 0 Å². The number of rotatable bonds is 6. The zero-order chi connectivity index (χ0) is 18.7. The lowest BCUT2D eigenvalue weighted by Gasteiger charge is -2.32. The fraction of sp³-hybridized carbons (Fsp3) is 0.688. The van der Waals surface area contributed by atoms with Crippen LogP contribution in [0.3, 0.4) is 0 Å². The van der Waals surface area contributed by atoms with Crippen molar-refractivity contribution >= 4 is 13.5 Å². The Morgan fingerprint density at radius 3 is 2.04 bits per heavy atom. The highest BCUT2D eigenvalue weighted by Crippen LogP contribution is 2.40. The van der Waals surface area contributed by atoms with Crippen LogP contribution < -0.4 is 5.73 Å². The third-order valence-corrected chi connectivity index (χ3v) is 4.21. The maximum atomic E-state index is 13.6. The first kappa shape index (κ1) is 20.6. The normalized spacial score (nSPS) is 22.5. The van der Waals surface area contributed by atoms with E-state index < -0.39 is 30.8 Å². The topological polar surface area (TPSA) is 60.1 Å². The molecule has 2 N–H and O–H groups in total. The molecule has 0 spiro atoms. The second-order valence-electron chi connectivity index (χ2n) is 7.10. The zero-order valence-corrected chi connectivity index (χ0v) is 15.5. The van der Waals surface area contributed by atoms with Crippen molar-refractivity contribution in [2.45, 2.75) is 58.3 Å². The number of aliphatic imine (C=N–C) groups is 1. The number of hydrogen-bond acceptors (Lipinski definition) is 4. The molecule has 24 heavy (non-hydrogen) atoms. The second kappa shape index (κ2) is 7.65. The minimum absolute atomic E-state index is 0.135. The van der Waals surface area contributed by atoms with Crippen LogP contribution in [-0.4, -0.2) is 56.1 Å². The molecule has 1 heterocycles. The van der Waals surface area contributed by atoms with Crippen molar-refractivity contribution in [3.8, 4) is 0 Å². The maximum Gasteiger partial charge on any atom is 0.496 e. The highest BCUT2D eigenvalue weighted by Gasteiger charge is 2.53. The largest absolute Gasteiger partial charge is 0.496 e. The van der Waals surface area contributed by atoms with E-state index in [0.717, 1.165) is 6.20 Å². The third-order valence-electron chi connectivity index (χ3n) is 4.21. The lowest BCUT2D eigenvalue weighted by atomic mass is 9.74. The standard InChI is InChI=1S/C16H28BF2N3O2/c1-11(21-10-22(6)7)8-12(14(18)19)13(9-20)17-23-15(2,3)16(4,5)24-17/h8-11,14H,20H2,1-7H3/b12-8+,13-9+,21-10+/t11-/m0/s1. The Hall–Kier alpha value is -1.41. The van der Waals surface area contributed by atoms with Crippen LogP contribution in [0.1, 0.15) is 34.6 Å². The molecule has 0 aliphatic carbocycles. The number of alkyl halides is 2. The molecule has 1 rings (SSSR count). The first-order chi connectivity index (χ1) is 10.9. The summed E-state index contributed by atoms with van der Waals surface area (Å²) in [5.41, 5.74) is 4.27. The quantitative estimate of drug-likeness (QED) is 0.349. The van der Waals surface area contributed by atoms with Crippen LogP contribution in [0, 0.1) is 0 Å². The number of nitrogens with zero attached hydrogens (tertiary/aromatic N) is 2. The van der Waals surface area contributed by atoms with Crippen molar-refractivity contribution in [2.24, 2.45) is 10.7 Å². The molecule has 1 aliphatic rings. The van der Waals surface area contributed by atoms with Crippen molar-refractivity contribution in [1.29, 1.82) is 0 Å². The van der Waals surface area contributed by atoms with Crippen LogP contribution in [0.25, 0.3) is 0 Å². The van der Waals surface area contributed by atoms with Crippen LogP contribution in [0.15, 0.2) is 28.3 Å². The van der Waals surface area contributed by atoms with Crippen molar-refractivity contribution in [2.75, 3.05) is 14.1 Å². The van der Waals surface area contributed by atoms with Crippen LogP contribution in [0.5, 0.6) is 0 Å². The lowest BCUT2D eigenvalue weighted by molar-refractivity contribution is 0.00578. The summed E-state index contributed by atoms with van der Waals surface area (Å²) in [6.07, 6.45) is 1.37. The predicted octanol–water partition coefficient (Wildman–Crippen LogP) is 2.63. The molecule has 1 atom stereocenters. The fourth-order valence-electron chi connectivity index (χ4n) is 2.12. The molecule has 1 aliphatic heterocycles. The van der Waals surface area contributed by atoms with Gasteiger partial charge in [0.1, 0.15) is 0 Å². The van der Waals surface area contributed by atoms with Crippen LogP contribution in [0.4, 0.5) is 8.78 Å². The smallest absolute Gasteiger partial charge is 0.405 e. The van der Waals surface area contributed by atoms with Gasteiger partial charge in [0.25, 0.3) is 6.43 Å². The number of hydrogen-bond donors (Lipinski definition) is 1. The summed E-state index contributed by atoms with van der Waals surface area (Å²) < 4.78 is 38.9. The number of allylic oxidation sites excluding steroid dienone is 2. The molecule has 1 fully saturated rings. The molecule has 0 aromatic heterocycles. The molecular weight excluding hydrogens is 315 g/mol. The Kier molecular flexibility index (Phi) is 6.58. The number of halogens is 2. The summed E-state index contributed by atoms with van der Waals surface area (Å²) >= 11 is 0. The number of nitrogens with two attached hydrogens (primary N) is 1. The zero-order valence-electron chi connectivity index (χ0n) is 15.5. The Morgan fingerprint density at radius 2 is 1.67 bits per heavy atom. The van der Waals surface area contributed by atoms with Gasteiger partial charge in [0.2, 0.25) is 0 Å². The Morgan fingerprint density at radius 1 is 1.17 bits per heavy atom. The van der Waals surface area contributed by atoms with Gasteiger partial charge in [-0.2, -0.15) is 0 Å². The van der Waals surface area contributed by atoms with Crippen molar-refractivity contribution in [3.05, 3.63) is 23.3 Å². The van der Waals surface area contributed by atoms with Gasteiger partial charge in [0.05, 0.1) is 23.6 Å². The average molecular weight is 343 g/mol. The molecular formula is C16H28BF2N3O2. The van der Waals surface area contributed by atoms with E-state index in [1.165, 1.54) is 6.08 Å². The summed E-state index contributed by atoms with van der Waals surface area (Å²) in [5.74, 6) is 0. The molecule has 0 radical (unpaired) electrons. The van der Waals surface area contributed by atoms with Gasteiger partial charge in [-0.25, -0.2) is 8.78 Å². The van der Waals surface area contributed by atoms with Crippen LogP contribution in [-0.2, 0) is 9.31 Å². The highest BCUT2D eigenvalue weighted by molar-refractivity contribution is 6.56. The molecule has 0 unspecified atom stereocenters. The lowest BCUT2D eigenvalue weighted by Crippen LogP contribution is -2.41. The second-order valence-corrected chi connectivity index (χ2v) is 7.10. The van der Waals surface area contributed by atoms with E-state index >= 15 is 0 Å². The summed E-state index contributed by atoms with van der Waals surface area (Å²) in [6, 6.07) is -0.436. The van der Waals surface area contributed by atoms with Gasteiger partial charge >= 0.3 is 7.12 Å². The van der Waals surface area contributed by atoms with E-state index in [1.807, 2.05) is 41.8 Å². The summed E-state index contributed by atoms with van der Waals surface area (Å²) in [6.45, 7) is 9.16. The minimum Gasteiger partial charge on any atom is -0.405 e. The SMILES string of the molecule is C[C@@H](/C=C(\C(=C/N)B1OC(C)(C)C(C)(C)O1)C(F)F)/N=C/N(C)C. The van der Waals surface area contributed by atoms with Gasteiger partial charge < -0.3 is 19.9 Å². The molecule has 0 aromatic carbocycles. The van der Waals surface area contributed by atoms with E-state index in [9.17, 15) is 8.78 Å². The predicted molar refractivity (Wildman–Crippen MR) is 94.1 cm³/mol. The molecule has 5 nitrogen and oxygen atoms in total. The van der Waals surface area contributed by atoms with Crippen LogP contribution >= 0.6 is 0 Å². The molecule has 1 saturated heterocycles. The summed E-state index contributed by atoms with van der Waals surface area (Å²) in [4.78, 5) is 5.92. The van der Waals surface area contributed by atoms with Gasteiger partial charge in [-0.1, -0.05) is 6.08 Å². The third kappa shape index (κ3) is 4.80. The van der Waals surface area contributed by atoms with Gasteiger partial charge in [-0.3, -0.25) is 4.99 Å². The van der Waals surface area contributed by atoms with Gasteiger partial charge in [0, 0.05) is 25.1 Å². The fourth-order valence-corrected chi connectivity index (χ4v) is 2.12. The summed E-state index contributed by atoms with van der Waals surface area (Å²) in [7, 11) is 2.68. The Bertz CT molecular complexity index is 515. The van der Waals surface area contributed by atoms with E-state index in [-0.39, 0.29) is 11.0 Å². The van der Waals surface area contributed by atoms with E-state index in [0.29, 0.717) is 0 Å². The van der Waals surface area contributed by atoms with E-state index in [4.69, 9.17) is 15.0 Å². The Labute approximate surface area is 143 Å². The van der Waals surface area contributed by atoms with Gasteiger partial charge in [-0.05, 0) is 40.8 Å². The van der Waals surface area contributed by atoms with Crippen molar-refractivity contribution in [3.63, 3.8) is 0 Å². The van der Waals surface area contributed by atoms with E-state index in [2.05, 4.69) is 4.99 Å². The maximum absolute atomic E-state index is 13.6. The average Bonchev–Trinajstić information content (AvgIpc) is 2.64. The van der Waals surface area contributed by atoms with E-state index in [1.54, 1.807) is 18.2 Å². The van der Waals surface area contributed by atoms with Crippen molar-refractivity contribution < 1.29 is 18.1 Å². The Balaban J connectivity index is 3.11. The first-order valence-corrected chi connectivity index (χ1v) is 7.88. The molecule has 136 valence electrons. The van der Waals surface area contributed by atoms with Gasteiger partial charge in [0.15, 0.2) is 0 Å². The monoisotopic (exact) mass is 343 g/mol.